The van der Waals surface area contributed by atoms with E-state index in [9.17, 15) is 19.5 Å². The third kappa shape index (κ3) is 2.74. The van der Waals surface area contributed by atoms with Crippen LogP contribution in [0.4, 0.5) is 0 Å². The van der Waals surface area contributed by atoms with Crippen LogP contribution in [0, 0.1) is 17.3 Å². The number of aliphatic hydroxyl groups is 1. The fourth-order valence-corrected chi connectivity index (χ4v) is 6.29. The predicted molar refractivity (Wildman–Crippen MR) is 98.7 cm³/mol. The number of hydrogen-bond acceptors (Lipinski definition) is 5. The smallest absolute Gasteiger partial charge is 0.303 e. The molecule has 0 amide bonds. The maximum atomic E-state index is 12.8. The van der Waals surface area contributed by atoms with E-state index >= 15 is 0 Å². The predicted octanol–water partition coefficient (Wildman–Crippen LogP) is 3.06. The average Bonchev–Trinajstić information content (AvgIpc) is 2.91. The van der Waals surface area contributed by atoms with E-state index in [0.717, 1.165) is 38.5 Å². The lowest BCUT2D eigenvalue weighted by molar-refractivity contribution is -0.163. The van der Waals surface area contributed by atoms with Gasteiger partial charge in [-0.25, -0.2) is 0 Å². The normalized spacial score (nSPS) is 37.9. The Kier molecular flexibility index (Phi) is 4.41. The molecular weight excluding hydrogens is 344 g/mol. The van der Waals surface area contributed by atoms with E-state index in [4.69, 9.17) is 4.74 Å². The largest absolute Gasteiger partial charge is 0.458 e. The van der Waals surface area contributed by atoms with Crippen molar-refractivity contribution < 1.29 is 24.2 Å². The number of esters is 1. The number of carbonyl (C=O) groups is 3. The molecular formula is C22H28O5. The van der Waals surface area contributed by atoms with Crippen LogP contribution in [-0.4, -0.2) is 34.9 Å². The van der Waals surface area contributed by atoms with Gasteiger partial charge in [0.25, 0.3) is 0 Å². The lowest BCUT2D eigenvalue weighted by Crippen LogP contribution is -2.55. The first-order valence-corrected chi connectivity index (χ1v) is 10.1. The summed E-state index contributed by atoms with van der Waals surface area (Å²) >= 11 is 0. The zero-order valence-corrected chi connectivity index (χ0v) is 16.2. The van der Waals surface area contributed by atoms with Gasteiger partial charge in [0.05, 0.1) is 0 Å². The monoisotopic (exact) mass is 372 g/mol. The Morgan fingerprint density at radius 3 is 2.70 bits per heavy atom. The summed E-state index contributed by atoms with van der Waals surface area (Å²) in [5.74, 6) is 0.0258. The first-order chi connectivity index (χ1) is 12.8. The molecule has 4 atom stereocenters. The van der Waals surface area contributed by atoms with Gasteiger partial charge in [-0.3, -0.25) is 14.4 Å². The Morgan fingerprint density at radius 2 is 1.96 bits per heavy atom. The number of ether oxygens (including phenoxy) is 1. The maximum absolute atomic E-state index is 12.8. The molecule has 0 aliphatic heterocycles. The Bertz CT molecular complexity index is 776. The number of rotatable bonds is 3. The van der Waals surface area contributed by atoms with Crippen molar-refractivity contribution in [2.75, 3.05) is 6.61 Å². The first-order valence-electron chi connectivity index (χ1n) is 10.1. The molecule has 27 heavy (non-hydrogen) atoms. The summed E-state index contributed by atoms with van der Waals surface area (Å²) in [7, 11) is 0. The van der Waals surface area contributed by atoms with Gasteiger partial charge >= 0.3 is 5.97 Å². The topological polar surface area (TPSA) is 80.7 Å². The molecule has 0 heterocycles. The summed E-state index contributed by atoms with van der Waals surface area (Å²) in [5.41, 5.74) is 2.18. The minimum atomic E-state index is -1.41. The molecule has 0 aromatic heterocycles. The number of ketones is 2. The van der Waals surface area contributed by atoms with Crippen molar-refractivity contribution in [1.29, 1.82) is 0 Å². The van der Waals surface area contributed by atoms with Crippen LogP contribution < -0.4 is 0 Å². The van der Waals surface area contributed by atoms with E-state index in [1.807, 2.05) is 13.0 Å². The van der Waals surface area contributed by atoms with Crippen LogP contribution in [0.1, 0.15) is 65.2 Å². The average molecular weight is 372 g/mol. The molecule has 0 aromatic rings. The standard InChI is InChI=1S/C22H28O5/c1-13(23)27-12-20(25)22(26)10-8-19-18-5-3-14-11-15(24)4-6-16(14)17(18)7-9-21(19,22)2/h11,18-19,26H,3-10,12H2,1-2H3. The molecule has 2 fully saturated rings. The summed E-state index contributed by atoms with van der Waals surface area (Å²) in [6.45, 7) is 2.98. The fourth-order valence-electron chi connectivity index (χ4n) is 6.29. The molecule has 146 valence electrons. The van der Waals surface area contributed by atoms with Gasteiger partial charge < -0.3 is 9.84 Å². The van der Waals surface area contributed by atoms with E-state index in [1.54, 1.807) is 0 Å². The second-order valence-corrected chi connectivity index (χ2v) is 8.91. The Hall–Kier alpha value is -1.75. The van der Waals surface area contributed by atoms with Gasteiger partial charge in [-0.2, -0.15) is 0 Å². The number of Topliss-reactive ketones (excluding diaryl/α,β-unsaturated/α-hetero) is 1. The van der Waals surface area contributed by atoms with E-state index in [0.29, 0.717) is 18.8 Å². The molecule has 0 spiro atoms. The Morgan fingerprint density at radius 1 is 1.19 bits per heavy atom. The highest BCUT2D eigenvalue weighted by atomic mass is 16.5. The van der Waals surface area contributed by atoms with Crippen LogP contribution in [0.3, 0.4) is 0 Å². The van der Waals surface area contributed by atoms with Crippen molar-refractivity contribution in [3.63, 3.8) is 0 Å². The molecule has 0 aromatic carbocycles. The van der Waals surface area contributed by atoms with E-state index in [1.165, 1.54) is 23.6 Å². The minimum absolute atomic E-state index is 0.236. The van der Waals surface area contributed by atoms with Crippen molar-refractivity contribution in [3.05, 3.63) is 22.8 Å². The summed E-state index contributed by atoms with van der Waals surface area (Å²) in [4.78, 5) is 35.6. The molecule has 2 saturated carbocycles. The zero-order chi connectivity index (χ0) is 19.4. The van der Waals surface area contributed by atoms with Crippen LogP contribution in [-0.2, 0) is 19.1 Å². The molecule has 0 saturated heterocycles. The van der Waals surface area contributed by atoms with Crippen molar-refractivity contribution >= 4 is 17.5 Å². The van der Waals surface area contributed by atoms with Gasteiger partial charge in [-0.1, -0.05) is 12.5 Å². The minimum Gasteiger partial charge on any atom is -0.458 e. The van der Waals surface area contributed by atoms with E-state index in [-0.39, 0.29) is 24.1 Å². The van der Waals surface area contributed by atoms with Crippen molar-refractivity contribution in [1.82, 2.24) is 0 Å². The van der Waals surface area contributed by atoms with E-state index in [2.05, 4.69) is 0 Å². The van der Waals surface area contributed by atoms with Crippen LogP contribution in [0.5, 0.6) is 0 Å². The molecule has 4 aliphatic rings. The summed E-state index contributed by atoms with van der Waals surface area (Å²) in [6, 6.07) is 0. The number of fused-ring (bicyclic) bond motifs is 4. The van der Waals surface area contributed by atoms with Crippen molar-refractivity contribution in [3.8, 4) is 0 Å². The van der Waals surface area contributed by atoms with Gasteiger partial charge in [0.2, 0.25) is 5.78 Å². The number of allylic oxidation sites excluding steroid dienone is 4. The summed E-state index contributed by atoms with van der Waals surface area (Å²) in [5, 5.41) is 11.4. The maximum Gasteiger partial charge on any atom is 0.303 e. The molecule has 4 rings (SSSR count). The highest BCUT2D eigenvalue weighted by molar-refractivity contribution is 5.93. The summed E-state index contributed by atoms with van der Waals surface area (Å²) < 4.78 is 4.90. The van der Waals surface area contributed by atoms with Crippen molar-refractivity contribution in [2.45, 2.75) is 70.8 Å². The third-order valence-electron chi connectivity index (χ3n) is 7.75. The van der Waals surface area contributed by atoms with Gasteiger partial charge in [0.15, 0.2) is 12.4 Å². The second kappa shape index (κ2) is 6.40. The SMILES string of the molecule is CC(=O)OCC(=O)C1(O)CCC2C3CCC4=CC(=O)CCC4=C3CCC21C. The van der Waals surface area contributed by atoms with E-state index < -0.39 is 17.0 Å². The van der Waals surface area contributed by atoms with Crippen LogP contribution in [0.15, 0.2) is 22.8 Å². The second-order valence-electron chi connectivity index (χ2n) is 8.91. The molecule has 0 radical (unpaired) electrons. The molecule has 5 nitrogen and oxygen atoms in total. The lowest BCUT2D eigenvalue weighted by atomic mass is 9.54. The van der Waals surface area contributed by atoms with Gasteiger partial charge in [0.1, 0.15) is 5.60 Å². The van der Waals surface area contributed by atoms with Crippen LogP contribution in [0.2, 0.25) is 0 Å². The molecule has 4 unspecified atom stereocenters. The number of hydrogen-bond donors (Lipinski definition) is 1. The van der Waals surface area contributed by atoms with Gasteiger partial charge in [-0.15, -0.1) is 0 Å². The Balaban J connectivity index is 1.63. The van der Waals surface area contributed by atoms with Crippen LogP contribution >= 0.6 is 0 Å². The Labute approximate surface area is 159 Å². The quantitative estimate of drug-likeness (QED) is 0.770. The van der Waals surface area contributed by atoms with Gasteiger partial charge in [0, 0.05) is 18.8 Å². The number of carbonyl (C=O) groups excluding carboxylic acids is 3. The van der Waals surface area contributed by atoms with Crippen molar-refractivity contribution in [2.24, 2.45) is 17.3 Å². The van der Waals surface area contributed by atoms with Crippen LogP contribution in [0.25, 0.3) is 0 Å². The molecule has 4 aliphatic carbocycles. The lowest BCUT2D eigenvalue weighted by Gasteiger charge is -2.51. The van der Waals surface area contributed by atoms with Gasteiger partial charge in [-0.05, 0) is 74.0 Å². The molecule has 5 heteroatoms. The zero-order valence-electron chi connectivity index (χ0n) is 16.2. The first kappa shape index (κ1) is 18.6. The fraction of sp³-hybridized carbons (Fsp3) is 0.682. The highest BCUT2D eigenvalue weighted by Gasteiger charge is 2.63. The third-order valence-corrected chi connectivity index (χ3v) is 7.75. The summed E-state index contributed by atoms with van der Waals surface area (Å²) in [6.07, 6.45) is 8.08. The molecule has 0 bridgehead atoms. The highest BCUT2D eigenvalue weighted by Crippen LogP contribution is 2.63. The molecule has 1 N–H and O–H groups in total.